The van der Waals surface area contributed by atoms with Gasteiger partial charge < -0.3 is 0 Å². The number of hydrogen-bond acceptors (Lipinski definition) is 4. The third-order valence-corrected chi connectivity index (χ3v) is 6.17. The highest BCUT2D eigenvalue weighted by Crippen LogP contribution is 2.38. The number of nitrogens with zero attached hydrogens (tertiary/aromatic N) is 2. The topological polar surface area (TPSA) is 25.8 Å². The molecule has 4 rings (SSSR count). The summed E-state index contributed by atoms with van der Waals surface area (Å²) in [5, 5.41) is 4.42. The molecular formula is C21H18N2S2. The molecule has 0 N–H and O–H groups in total. The van der Waals surface area contributed by atoms with Crippen LogP contribution in [0.3, 0.4) is 0 Å². The van der Waals surface area contributed by atoms with Crippen molar-refractivity contribution < 1.29 is 0 Å². The Kier molecular flexibility index (Phi) is 4.81. The number of thiophene rings is 1. The van der Waals surface area contributed by atoms with Gasteiger partial charge in [0.15, 0.2) is 0 Å². The van der Waals surface area contributed by atoms with Crippen LogP contribution < -0.4 is 0 Å². The maximum Gasteiger partial charge on any atom is 0.128 e. The minimum Gasteiger partial charge on any atom is -0.229 e. The molecule has 0 radical (unpaired) electrons. The summed E-state index contributed by atoms with van der Waals surface area (Å²) in [6.45, 7) is 2.18. The van der Waals surface area contributed by atoms with Crippen LogP contribution in [0, 0.1) is 0 Å². The van der Waals surface area contributed by atoms with Crippen molar-refractivity contribution in [3.8, 4) is 11.1 Å². The minimum absolute atomic E-state index is 0.917. The third kappa shape index (κ3) is 3.46. The highest BCUT2D eigenvalue weighted by atomic mass is 32.2. The van der Waals surface area contributed by atoms with Crippen molar-refractivity contribution in [3.05, 3.63) is 77.4 Å². The molecule has 0 unspecified atom stereocenters. The summed E-state index contributed by atoms with van der Waals surface area (Å²) < 4.78 is 0. The first kappa shape index (κ1) is 16.3. The number of rotatable bonds is 5. The van der Waals surface area contributed by atoms with Gasteiger partial charge in [-0.3, -0.25) is 0 Å². The lowest BCUT2D eigenvalue weighted by atomic mass is 10.1. The molecule has 0 atom stereocenters. The first-order valence-electron chi connectivity index (χ1n) is 8.33. The fourth-order valence-electron chi connectivity index (χ4n) is 2.81. The molecular weight excluding hydrogens is 344 g/mol. The molecule has 4 heteroatoms. The molecule has 2 aromatic carbocycles. The number of hydrogen-bond donors (Lipinski definition) is 0. The Hall–Kier alpha value is -2.17. The second-order valence-corrected chi connectivity index (χ2v) is 7.66. The van der Waals surface area contributed by atoms with Crippen molar-refractivity contribution in [3.63, 3.8) is 0 Å². The van der Waals surface area contributed by atoms with Crippen molar-refractivity contribution in [1.82, 2.24) is 9.97 Å². The van der Waals surface area contributed by atoms with Crippen molar-refractivity contribution in [2.24, 2.45) is 0 Å². The quantitative estimate of drug-likeness (QED) is 0.312. The Morgan fingerprint density at radius 2 is 1.68 bits per heavy atom. The van der Waals surface area contributed by atoms with E-state index in [0.29, 0.717) is 0 Å². The Morgan fingerprint density at radius 3 is 2.44 bits per heavy atom. The molecule has 0 fully saturated rings. The molecule has 25 heavy (non-hydrogen) atoms. The van der Waals surface area contributed by atoms with E-state index >= 15 is 0 Å². The number of fused-ring (bicyclic) bond motifs is 1. The highest BCUT2D eigenvalue weighted by Gasteiger charge is 2.13. The smallest absolute Gasteiger partial charge is 0.128 e. The van der Waals surface area contributed by atoms with Gasteiger partial charge in [0.1, 0.15) is 16.2 Å². The van der Waals surface area contributed by atoms with E-state index in [2.05, 4.69) is 70.8 Å². The lowest BCUT2D eigenvalue weighted by Crippen LogP contribution is -1.88. The van der Waals surface area contributed by atoms with Crippen LogP contribution in [-0.4, -0.2) is 9.97 Å². The zero-order chi connectivity index (χ0) is 17.1. The molecule has 0 amide bonds. The van der Waals surface area contributed by atoms with Gasteiger partial charge in [0.25, 0.3) is 0 Å². The van der Waals surface area contributed by atoms with Crippen LogP contribution in [0.1, 0.15) is 18.1 Å². The number of aromatic nitrogens is 2. The summed E-state index contributed by atoms with van der Waals surface area (Å²) in [4.78, 5) is 10.1. The van der Waals surface area contributed by atoms with Gasteiger partial charge in [0, 0.05) is 16.7 Å². The van der Waals surface area contributed by atoms with E-state index < -0.39 is 0 Å². The van der Waals surface area contributed by atoms with Gasteiger partial charge in [0.05, 0.1) is 5.39 Å². The molecule has 0 aliphatic heterocycles. The summed E-state index contributed by atoms with van der Waals surface area (Å²) in [6, 6.07) is 19.3. The molecule has 0 aliphatic rings. The fraction of sp³-hybridized carbons (Fsp3) is 0.143. The summed E-state index contributed by atoms with van der Waals surface area (Å²) in [5.74, 6) is 0.917. The SMILES string of the molecule is CCc1ccc(CSc2ncnc3scc(-c4ccccc4)c23)cc1. The Labute approximate surface area is 156 Å². The van der Waals surface area contributed by atoms with Crippen LogP contribution in [0.5, 0.6) is 0 Å². The monoisotopic (exact) mass is 362 g/mol. The molecule has 0 saturated heterocycles. The lowest BCUT2D eigenvalue weighted by molar-refractivity contribution is 1.11. The predicted octanol–water partition coefficient (Wildman–Crippen LogP) is 6.21. The first-order chi connectivity index (χ1) is 12.3. The van der Waals surface area contributed by atoms with E-state index in [4.69, 9.17) is 0 Å². The van der Waals surface area contributed by atoms with Gasteiger partial charge in [-0.25, -0.2) is 9.97 Å². The van der Waals surface area contributed by atoms with Gasteiger partial charge in [-0.1, -0.05) is 61.5 Å². The molecule has 2 heterocycles. The second kappa shape index (κ2) is 7.38. The van der Waals surface area contributed by atoms with E-state index in [9.17, 15) is 0 Å². The zero-order valence-corrected chi connectivity index (χ0v) is 15.6. The van der Waals surface area contributed by atoms with E-state index in [0.717, 1.165) is 22.0 Å². The van der Waals surface area contributed by atoms with Crippen LogP contribution in [-0.2, 0) is 12.2 Å². The molecule has 0 bridgehead atoms. The number of thioether (sulfide) groups is 1. The first-order valence-corrected chi connectivity index (χ1v) is 10.2. The highest BCUT2D eigenvalue weighted by molar-refractivity contribution is 7.98. The largest absolute Gasteiger partial charge is 0.229 e. The fourth-order valence-corrected chi connectivity index (χ4v) is 4.76. The van der Waals surface area contributed by atoms with Crippen LogP contribution in [0.2, 0.25) is 0 Å². The maximum absolute atomic E-state index is 4.57. The summed E-state index contributed by atoms with van der Waals surface area (Å²) >= 11 is 3.47. The number of aryl methyl sites for hydroxylation is 1. The van der Waals surface area contributed by atoms with Gasteiger partial charge in [-0.15, -0.1) is 23.1 Å². The molecule has 124 valence electrons. The van der Waals surface area contributed by atoms with Crippen molar-refractivity contribution in [1.29, 1.82) is 0 Å². The van der Waals surface area contributed by atoms with E-state index in [1.54, 1.807) is 29.4 Å². The van der Waals surface area contributed by atoms with E-state index in [1.165, 1.54) is 27.6 Å². The zero-order valence-electron chi connectivity index (χ0n) is 14.0. The van der Waals surface area contributed by atoms with Crippen LogP contribution in [0.25, 0.3) is 21.3 Å². The molecule has 2 nitrogen and oxygen atoms in total. The molecule has 0 aliphatic carbocycles. The second-order valence-electron chi connectivity index (χ2n) is 5.83. The number of benzene rings is 2. The van der Waals surface area contributed by atoms with Gasteiger partial charge in [-0.2, -0.15) is 0 Å². The van der Waals surface area contributed by atoms with Crippen LogP contribution >= 0.6 is 23.1 Å². The lowest BCUT2D eigenvalue weighted by Gasteiger charge is -2.06. The summed E-state index contributed by atoms with van der Waals surface area (Å²) in [5.41, 5.74) is 5.15. The third-order valence-electron chi connectivity index (χ3n) is 4.23. The normalized spacial score (nSPS) is 11.1. The van der Waals surface area contributed by atoms with Gasteiger partial charge in [-0.05, 0) is 23.1 Å². The molecule has 0 spiro atoms. The molecule has 2 aromatic heterocycles. The minimum atomic E-state index is 0.917. The Balaban J connectivity index is 1.66. The summed E-state index contributed by atoms with van der Waals surface area (Å²) in [7, 11) is 0. The molecule has 4 aromatic rings. The van der Waals surface area contributed by atoms with Crippen LogP contribution in [0.15, 0.2) is 71.3 Å². The average molecular weight is 363 g/mol. The summed E-state index contributed by atoms with van der Waals surface area (Å²) in [6.07, 6.45) is 2.76. The van der Waals surface area contributed by atoms with Gasteiger partial charge >= 0.3 is 0 Å². The Morgan fingerprint density at radius 1 is 0.920 bits per heavy atom. The van der Waals surface area contributed by atoms with Crippen molar-refractivity contribution in [2.75, 3.05) is 0 Å². The van der Waals surface area contributed by atoms with E-state index in [-0.39, 0.29) is 0 Å². The predicted molar refractivity (Wildman–Crippen MR) is 108 cm³/mol. The van der Waals surface area contributed by atoms with Gasteiger partial charge in [0.2, 0.25) is 0 Å². The van der Waals surface area contributed by atoms with E-state index in [1.807, 2.05) is 6.07 Å². The van der Waals surface area contributed by atoms with Crippen molar-refractivity contribution in [2.45, 2.75) is 24.1 Å². The van der Waals surface area contributed by atoms with Crippen LogP contribution in [0.4, 0.5) is 0 Å². The molecule has 0 saturated carbocycles. The average Bonchev–Trinajstić information content (AvgIpc) is 3.12. The maximum atomic E-state index is 4.57. The Bertz CT molecular complexity index is 976. The standard InChI is InChI=1S/C21H18N2S2/c1-2-15-8-10-16(11-9-15)12-24-20-19-18(17-6-4-3-5-7-17)13-25-21(19)23-14-22-20/h3-11,13-14H,2,12H2,1H3. The van der Waals surface area contributed by atoms with Crippen molar-refractivity contribution >= 4 is 33.3 Å².